The van der Waals surface area contributed by atoms with Gasteiger partial charge in [-0.15, -0.1) is 0 Å². The molecule has 1 aromatic rings. The molecule has 1 heterocycles. The van der Waals surface area contributed by atoms with Crippen molar-refractivity contribution < 1.29 is 5.11 Å². The van der Waals surface area contributed by atoms with E-state index in [0.717, 1.165) is 18.7 Å². The van der Waals surface area contributed by atoms with Crippen molar-refractivity contribution in [3.63, 3.8) is 0 Å². The molecular weight excluding hydrogens is 212 g/mol. The Morgan fingerprint density at radius 3 is 2.71 bits per heavy atom. The van der Waals surface area contributed by atoms with Gasteiger partial charge in [-0.2, -0.15) is 5.10 Å². The first-order chi connectivity index (χ1) is 8.31. The van der Waals surface area contributed by atoms with E-state index in [1.165, 1.54) is 38.5 Å². The van der Waals surface area contributed by atoms with Crippen LogP contribution >= 0.6 is 0 Å². The van der Waals surface area contributed by atoms with Crippen LogP contribution < -0.4 is 0 Å². The largest absolute Gasteiger partial charge is 0.387 e. The molecule has 0 aliphatic heterocycles. The highest BCUT2D eigenvalue weighted by Crippen LogP contribution is 2.30. The van der Waals surface area contributed by atoms with Gasteiger partial charge < -0.3 is 5.11 Å². The molecule has 3 nitrogen and oxygen atoms in total. The molecule has 0 spiro atoms. The van der Waals surface area contributed by atoms with E-state index in [9.17, 15) is 5.11 Å². The number of hydrogen-bond acceptors (Lipinski definition) is 2. The molecule has 17 heavy (non-hydrogen) atoms. The van der Waals surface area contributed by atoms with Crippen molar-refractivity contribution in [2.45, 2.75) is 64.5 Å². The predicted octanol–water partition coefficient (Wildman–Crippen LogP) is 3.30. The van der Waals surface area contributed by atoms with Crippen LogP contribution in [0.5, 0.6) is 0 Å². The van der Waals surface area contributed by atoms with Gasteiger partial charge in [0.15, 0.2) is 0 Å². The van der Waals surface area contributed by atoms with Crippen LogP contribution in [0.3, 0.4) is 0 Å². The minimum absolute atomic E-state index is 0.333. The first kappa shape index (κ1) is 12.6. The first-order valence-corrected chi connectivity index (χ1v) is 7.01. The lowest BCUT2D eigenvalue weighted by atomic mass is 9.92. The Hall–Kier alpha value is -0.830. The molecule has 1 aromatic heterocycles. The average molecular weight is 236 g/mol. The van der Waals surface area contributed by atoms with Crippen LogP contribution in [0.15, 0.2) is 12.3 Å². The molecule has 0 radical (unpaired) electrons. The molecule has 1 aliphatic carbocycles. The van der Waals surface area contributed by atoms with Crippen molar-refractivity contribution in [1.82, 2.24) is 9.78 Å². The topological polar surface area (TPSA) is 38.0 Å². The normalized spacial score (nSPS) is 20.1. The summed E-state index contributed by atoms with van der Waals surface area (Å²) in [6, 6.07) is 1.95. The Balaban J connectivity index is 1.93. The van der Waals surface area contributed by atoms with Gasteiger partial charge in [0.2, 0.25) is 0 Å². The molecule has 2 rings (SSSR count). The van der Waals surface area contributed by atoms with Gasteiger partial charge in [-0.05, 0) is 25.3 Å². The van der Waals surface area contributed by atoms with Crippen LogP contribution in [0.4, 0.5) is 0 Å². The third kappa shape index (κ3) is 3.32. The smallest absolute Gasteiger partial charge is 0.0959 e. The van der Waals surface area contributed by atoms with E-state index in [0.29, 0.717) is 5.92 Å². The second kappa shape index (κ2) is 6.20. The summed E-state index contributed by atoms with van der Waals surface area (Å²) in [6.07, 6.45) is 10.4. The quantitative estimate of drug-likeness (QED) is 0.815. The summed E-state index contributed by atoms with van der Waals surface area (Å²) in [5.74, 6) is 0.702. The second-order valence-corrected chi connectivity index (χ2v) is 5.18. The van der Waals surface area contributed by atoms with Gasteiger partial charge in [-0.3, -0.25) is 4.68 Å². The molecule has 3 heteroatoms. The number of aromatic nitrogens is 2. The zero-order valence-corrected chi connectivity index (χ0v) is 10.8. The number of nitrogens with zero attached hydrogens (tertiary/aromatic N) is 2. The Morgan fingerprint density at radius 1 is 1.35 bits per heavy atom. The van der Waals surface area contributed by atoms with Crippen molar-refractivity contribution >= 4 is 0 Å². The summed E-state index contributed by atoms with van der Waals surface area (Å²) in [6.45, 7) is 2.90. The summed E-state index contributed by atoms with van der Waals surface area (Å²) in [5.41, 5.74) is 0.983. The van der Waals surface area contributed by atoms with Gasteiger partial charge >= 0.3 is 0 Å². The van der Waals surface area contributed by atoms with E-state index >= 15 is 0 Å². The maximum Gasteiger partial charge on any atom is 0.0959 e. The standard InChI is InChI=1S/C14H24N2O/c1-2-16-13(9-10-15-16)14(17)11-12-7-5-3-4-6-8-12/h9-10,12,14,17H,2-8,11H2,1H3. The van der Waals surface area contributed by atoms with Crippen molar-refractivity contribution in [3.8, 4) is 0 Å². The van der Waals surface area contributed by atoms with Crippen LogP contribution in [-0.2, 0) is 6.54 Å². The van der Waals surface area contributed by atoms with Crippen LogP contribution in [0.1, 0.15) is 63.7 Å². The molecule has 1 N–H and O–H groups in total. The molecule has 0 bridgehead atoms. The highest BCUT2D eigenvalue weighted by atomic mass is 16.3. The first-order valence-electron chi connectivity index (χ1n) is 7.01. The lowest BCUT2D eigenvalue weighted by Gasteiger charge is -2.19. The lowest BCUT2D eigenvalue weighted by Crippen LogP contribution is -2.12. The molecule has 1 aliphatic rings. The number of rotatable bonds is 4. The van der Waals surface area contributed by atoms with Gasteiger partial charge in [-0.1, -0.05) is 38.5 Å². The predicted molar refractivity (Wildman–Crippen MR) is 68.7 cm³/mol. The van der Waals surface area contributed by atoms with Crippen LogP contribution in [-0.4, -0.2) is 14.9 Å². The molecular formula is C14H24N2O. The van der Waals surface area contributed by atoms with Crippen molar-refractivity contribution in [2.75, 3.05) is 0 Å². The number of hydrogen-bond donors (Lipinski definition) is 1. The molecule has 1 atom stereocenters. The van der Waals surface area contributed by atoms with E-state index in [4.69, 9.17) is 0 Å². The van der Waals surface area contributed by atoms with Crippen LogP contribution in [0.25, 0.3) is 0 Å². The van der Waals surface area contributed by atoms with Crippen molar-refractivity contribution in [1.29, 1.82) is 0 Å². The molecule has 0 amide bonds. The highest BCUT2D eigenvalue weighted by molar-refractivity contribution is 5.04. The van der Waals surface area contributed by atoms with E-state index in [1.54, 1.807) is 6.20 Å². The Labute approximate surface area is 104 Å². The molecule has 96 valence electrons. The zero-order chi connectivity index (χ0) is 12.1. The SMILES string of the molecule is CCn1nccc1C(O)CC1CCCCCC1. The Kier molecular flexibility index (Phi) is 4.60. The monoisotopic (exact) mass is 236 g/mol. The fourth-order valence-corrected chi connectivity index (χ4v) is 2.93. The summed E-state index contributed by atoms with van der Waals surface area (Å²) < 4.78 is 1.90. The third-order valence-electron chi connectivity index (χ3n) is 3.92. The maximum absolute atomic E-state index is 10.3. The van der Waals surface area contributed by atoms with Crippen molar-refractivity contribution in [3.05, 3.63) is 18.0 Å². The number of aliphatic hydroxyl groups excluding tert-OH is 1. The fraction of sp³-hybridized carbons (Fsp3) is 0.786. The van der Waals surface area contributed by atoms with Gasteiger partial charge in [0.1, 0.15) is 0 Å². The highest BCUT2D eigenvalue weighted by Gasteiger charge is 2.19. The van der Waals surface area contributed by atoms with Gasteiger partial charge in [0.05, 0.1) is 11.8 Å². The maximum atomic E-state index is 10.3. The summed E-state index contributed by atoms with van der Waals surface area (Å²) in [5, 5.41) is 14.5. The molecule has 1 saturated carbocycles. The fourth-order valence-electron chi connectivity index (χ4n) is 2.93. The van der Waals surface area contributed by atoms with Crippen LogP contribution in [0, 0.1) is 5.92 Å². The minimum atomic E-state index is -0.333. The van der Waals surface area contributed by atoms with E-state index in [1.807, 2.05) is 10.7 Å². The van der Waals surface area contributed by atoms with Gasteiger partial charge in [0, 0.05) is 12.7 Å². The van der Waals surface area contributed by atoms with Crippen LogP contribution in [0.2, 0.25) is 0 Å². The minimum Gasteiger partial charge on any atom is -0.387 e. The van der Waals surface area contributed by atoms with Crippen molar-refractivity contribution in [2.24, 2.45) is 5.92 Å². The van der Waals surface area contributed by atoms with Gasteiger partial charge in [0.25, 0.3) is 0 Å². The average Bonchev–Trinajstić information content (AvgIpc) is 2.68. The number of aryl methyl sites for hydroxylation is 1. The third-order valence-corrected chi connectivity index (χ3v) is 3.92. The van der Waals surface area contributed by atoms with E-state index in [2.05, 4.69) is 12.0 Å². The zero-order valence-electron chi connectivity index (χ0n) is 10.8. The second-order valence-electron chi connectivity index (χ2n) is 5.18. The number of aliphatic hydroxyl groups is 1. The summed E-state index contributed by atoms with van der Waals surface area (Å²) in [7, 11) is 0. The summed E-state index contributed by atoms with van der Waals surface area (Å²) in [4.78, 5) is 0. The summed E-state index contributed by atoms with van der Waals surface area (Å²) >= 11 is 0. The lowest BCUT2D eigenvalue weighted by molar-refractivity contribution is 0.129. The molecule has 1 unspecified atom stereocenters. The molecule has 0 aromatic carbocycles. The molecule has 1 fully saturated rings. The molecule has 0 saturated heterocycles. The van der Waals surface area contributed by atoms with E-state index < -0.39 is 0 Å². The van der Waals surface area contributed by atoms with E-state index in [-0.39, 0.29) is 6.10 Å². The Morgan fingerprint density at radius 2 is 2.06 bits per heavy atom. The van der Waals surface area contributed by atoms with Gasteiger partial charge in [-0.25, -0.2) is 0 Å². The Bertz CT molecular complexity index is 327.